The maximum Gasteiger partial charge on any atom is 0.252 e. The van der Waals surface area contributed by atoms with Crippen LogP contribution in [0.25, 0.3) is 10.9 Å². The molecule has 2 aromatic rings. The monoisotopic (exact) mass is 316 g/mol. The number of amides is 1. The predicted molar refractivity (Wildman–Crippen MR) is 90.7 cm³/mol. The molecule has 0 radical (unpaired) electrons. The Hall–Kier alpha value is -1.98. The van der Waals surface area contributed by atoms with Gasteiger partial charge < -0.3 is 15.2 Å². The fraction of sp³-hybridized carbons (Fsp3) is 0.444. The summed E-state index contributed by atoms with van der Waals surface area (Å²) >= 11 is 0. The number of pyridine rings is 1. The molecule has 0 fully saturated rings. The van der Waals surface area contributed by atoms with E-state index in [0.29, 0.717) is 31.7 Å². The first kappa shape index (κ1) is 17.4. The number of nitrogens with one attached hydrogen (secondary N) is 1. The molecule has 124 valence electrons. The van der Waals surface area contributed by atoms with E-state index in [0.717, 1.165) is 16.6 Å². The largest absolute Gasteiger partial charge is 0.394 e. The number of aliphatic hydroxyl groups is 1. The molecule has 0 saturated heterocycles. The molecule has 0 bridgehead atoms. The van der Waals surface area contributed by atoms with Crippen LogP contribution in [0.2, 0.25) is 0 Å². The summed E-state index contributed by atoms with van der Waals surface area (Å²) in [4.78, 5) is 17.1. The summed E-state index contributed by atoms with van der Waals surface area (Å²) in [6.45, 7) is 5.55. The number of rotatable bonds is 8. The fourth-order valence-electron chi connectivity index (χ4n) is 2.32. The molecular formula is C18H24N2O3. The Morgan fingerprint density at radius 3 is 2.83 bits per heavy atom. The van der Waals surface area contributed by atoms with Gasteiger partial charge in [-0.15, -0.1) is 0 Å². The number of hydrogen-bond donors (Lipinski definition) is 2. The quantitative estimate of drug-likeness (QED) is 0.734. The SMILES string of the molecule is CC(C)c1cc(C(=O)NCCCOCCO)c2ccccc2n1. The molecule has 0 spiro atoms. The average molecular weight is 316 g/mol. The third-order valence-corrected chi connectivity index (χ3v) is 3.56. The smallest absolute Gasteiger partial charge is 0.252 e. The van der Waals surface area contributed by atoms with Crippen molar-refractivity contribution < 1.29 is 14.6 Å². The minimum atomic E-state index is -0.0901. The maximum atomic E-state index is 12.5. The lowest BCUT2D eigenvalue weighted by Crippen LogP contribution is -2.26. The summed E-state index contributed by atoms with van der Waals surface area (Å²) in [6.07, 6.45) is 0.714. The van der Waals surface area contributed by atoms with Crippen LogP contribution in [0.5, 0.6) is 0 Å². The van der Waals surface area contributed by atoms with Crippen molar-refractivity contribution in [3.8, 4) is 0 Å². The van der Waals surface area contributed by atoms with Gasteiger partial charge in [0.1, 0.15) is 0 Å². The van der Waals surface area contributed by atoms with E-state index in [1.54, 1.807) is 0 Å². The van der Waals surface area contributed by atoms with Crippen LogP contribution in [-0.4, -0.2) is 42.4 Å². The van der Waals surface area contributed by atoms with Crippen LogP contribution in [0.4, 0.5) is 0 Å². The average Bonchev–Trinajstić information content (AvgIpc) is 2.56. The van der Waals surface area contributed by atoms with E-state index in [9.17, 15) is 4.79 Å². The minimum Gasteiger partial charge on any atom is -0.394 e. The second-order valence-corrected chi connectivity index (χ2v) is 5.71. The van der Waals surface area contributed by atoms with Crippen LogP contribution < -0.4 is 5.32 Å². The summed E-state index contributed by atoms with van der Waals surface area (Å²) in [6, 6.07) is 9.58. The number of carbonyl (C=O) groups is 1. The van der Waals surface area contributed by atoms with Crippen molar-refractivity contribution in [3.05, 3.63) is 41.6 Å². The van der Waals surface area contributed by atoms with E-state index in [1.807, 2.05) is 30.3 Å². The molecule has 0 aliphatic heterocycles. The molecule has 0 unspecified atom stereocenters. The van der Waals surface area contributed by atoms with Crippen molar-refractivity contribution in [1.82, 2.24) is 10.3 Å². The van der Waals surface area contributed by atoms with Crippen LogP contribution in [0.15, 0.2) is 30.3 Å². The first-order valence-corrected chi connectivity index (χ1v) is 8.00. The van der Waals surface area contributed by atoms with Crippen LogP contribution in [-0.2, 0) is 4.74 Å². The van der Waals surface area contributed by atoms with Crippen LogP contribution in [0, 0.1) is 0 Å². The van der Waals surface area contributed by atoms with Gasteiger partial charge in [-0.3, -0.25) is 9.78 Å². The summed E-state index contributed by atoms with van der Waals surface area (Å²) in [5.41, 5.74) is 2.42. The van der Waals surface area contributed by atoms with E-state index >= 15 is 0 Å². The number of ether oxygens (including phenoxy) is 1. The number of fused-ring (bicyclic) bond motifs is 1. The van der Waals surface area contributed by atoms with Crippen molar-refractivity contribution >= 4 is 16.8 Å². The third kappa shape index (κ3) is 4.74. The van der Waals surface area contributed by atoms with E-state index in [1.165, 1.54) is 0 Å². The van der Waals surface area contributed by atoms with Gasteiger partial charge in [0.15, 0.2) is 0 Å². The van der Waals surface area contributed by atoms with Gasteiger partial charge in [-0.2, -0.15) is 0 Å². The topological polar surface area (TPSA) is 71.5 Å². The molecule has 2 rings (SSSR count). The van der Waals surface area contributed by atoms with Gasteiger partial charge in [0, 0.05) is 24.2 Å². The van der Waals surface area contributed by atoms with Crippen LogP contribution >= 0.6 is 0 Å². The molecule has 5 heteroatoms. The van der Waals surface area contributed by atoms with Crippen molar-refractivity contribution in [3.63, 3.8) is 0 Å². The van der Waals surface area contributed by atoms with Gasteiger partial charge in [-0.05, 0) is 24.5 Å². The highest BCUT2D eigenvalue weighted by Crippen LogP contribution is 2.22. The minimum absolute atomic E-state index is 0.0212. The molecule has 1 amide bonds. The van der Waals surface area contributed by atoms with Crippen molar-refractivity contribution in [2.24, 2.45) is 0 Å². The van der Waals surface area contributed by atoms with E-state index in [2.05, 4.69) is 24.1 Å². The lowest BCUT2D eigenvalue weighted by Gasteiger charge is -2.12. The van der Waals surface area contributed by atoms with E-state index < -0.39 is 0 Å². The van der Waals surface area contributed by atoms with Gasteiger partial charge >= 0.3 is 0 Å². The molecule has 0 atom stereocenters. The number of carbonyl (C=O) groups excluding carboxylic acids is 1. The maximum absolute atomic E-state index is 12.5. The van der Waals surface area contributed by atoms with E-state index in [-0.39, 0.29) is 18.4 Å². The normalized spacial score (nSPS) is 11.1. The lowest BCUT2D eigenvalue weighted by atomic mass is 10.0. The second-order valence-electron chi connectivity index (χ2n) is 5.71. The van der Waals surface area contributed by atoms with Crippen LogP contribution in [0.1, 0.15) is 42.2 Å². The van der Waals surface area contributed by atoms with E-state index in [4.69, 9.17) is 9.84 Å². The van der Waals surface area contributed by atoms with Crippen molar-refractivity contribution in [2.75, 3.05) is 26.4 Å². The molecule has 5 nitrogen and oxygen atoms in total. The molecule has 1 aromatic carbocycles. The molecule has 2 N–H and O–H groups in total. The van der Waals surface area contributed by atoms with Gasteiger partial charge in [0.25, 0.3) is 5.91 Å². The summed E-state index contributed by atoms with van der Waals surface area (Å²) in [5.74, 6) is 0.172. The Morgan fingerprint density at radius 1 is 1.30 bits per heavy atom. The molecule has 0 saturated carbocycles. The summed E-state index contributed by atoms with van der Waals surface area (Å²) in [7, 11) is 0. The number of aliphatic hydroxyl groups excluding tert-OH is 1. The number of nitrogens with zero attached hydrogens (tertiary/aromatic N) is 1. The molecule has 23 heavy (non-hydrogen) atoms. The molecule has 1 aromatic heterocycles. The zero-order chi connectivity index (χ0) is 16.7. The second kappa shape index (κ2) is 8.60. The Labute approximate surface area is 136 Å². The Kier molecular flexibility index (Phi) is 6.50. The molecule has 1 heterocycles. The Balaban J connectivity index is 2.09. The van der Waals surface area contributed by atoms with Crippen molar-refractivity contribution in [1.29, 1.82) is 0 Å². The van der Waals surface area contributed by atoms with Gasteiger partial charge in [-0.25, -0.2) is 0 Å². The number of hydrogen-bond acceptors (Lipinski definition) is 4. The number of para-hydroxylation sites is 1. The highest BCUT2D eigenvalue weighted by atomic mass is 16.5. The van der Waals surface area contributed by atoms with Crippen molar-refractivity contribution in [2.45, 2.75) is 26.2 Å². The summed E-state index contributed by atoms with van der Waals surface area (Å²) < 4.78 is 5.18. The molecule has 0 aliphatic rings. The predicted octanol–water partition coefficient (Wildman–Crippen LogP) is 2.49. The Morgan fingerprint density at radius 2 is 2.09 bits per heavy atom. The van der Waals surface area contributed by atoms with Gasteiger partial charge in [0.2, 0.25) is 0 Å². The molecule has 0 aliphatic carbocycles. The van der Waals surface area contributed by atoms with Gasteiger partial charge in [-0.1, -0.05) is 32.0 Å². The lowest BCUT2D eigenvalue weighted by molar-refractivity contribution is 0.0868. The number of benzene rings is 1. The van der Waals surface area contributed by atoms with Crippen LogP contribution in [0.3, 0.4) is 0 Å². The highest BCUT2D eigenvalue weighted by Gasteiger charge is 2.13. The van der Waals surface area contributed by atoms with Gasteiger partial charge in [0.05, 0.1) is 24.3 Å². The standard InChI is InChI=1S/C18H24N2O3/c1-13(2)17-12-15(14-6-3-4-7-16(14)20-17)18(22)19-8-5-10-23-11-9-21/h3-4,6-7,12-13,21H,5,8-11H2,1-2H3,(H,19,22). The first-order chi connectivity index (χ1) is 11.1. The zero-order valence-corrected chi connectivity index (χ0v) is 13.7. The number of aromatic nitrogens is 1. The third-order valence-electron chi connectivity index (χ3n) is 3.56. The fourth-order valence-corrected chi connectivity index (χ4v) is 2.32. The Bertz CT molecular complexity index is 656. The summed E-state index contributed by atoms with van der Waals surface area (Å²) in [5, 5.41) is 12.4. The first-order valence-electron chi connectivity index (χ1n) is 8.00. The highest BCUT2D eigenvalue weighted by molar-refractivity contribution is 6.06. The zero-order valence-electron chi connectivity index (χ0n) is 13.7. The molecular weight excluding hydrogens is 292 g/mol.